The summed E-state index contributed by atoms with van der Waals surface area (Å²) >= 11 is 0. The molecule has 0 spiro atoms. The van der Waals surface area contributed by atoms with Gasteiger partial charge in [-0.25, -0.2) is 0 Å². The summed E-state index contributed by atoms with van der Waals surface area (Å²) in [6.45, 7) is 9.03. The monoisotopic (exact) mass is 759 g/mol. The molecule has 4 aromatic carbocycles. The SMILES string of the molecule is CCCCCCCCCCCC1(C)Nc2cccc3ccc(C4C([O-])C(c5ccc6cccc7c6c5NC(C)(CCCCCCCCCCC)N7)C4[O-])c(c23)N1. The van der Waals surface area contributed by atoms with Gasteiger partial charge in [-0.05, 0) is 85.4 Å². The Hall–Kier alpha value is -3.48. The van der Waals surface area contributed by atoms with Crippen molar-refractivity contribution >= 4 is 44.3 Å². The third-order valence-electron chi connectivity index (χ3n) is 13.5. The molecule has 7 rings (SSSR count). The van der Waals surface area contributed by atoms with Gasteiger partial charge in [-0.15, -0.1) is 12.2 Å². The van der Waals surface area contributed by atoms with Gasteiger partial charge in [-0.3, -0.25) is 0 Å². The fourth-order valence-electron chi connectivity index (χ4n) is 10.2. The van der Waals surface area contributed by atoms with Gasteiger partial charge in [-0.1, -0.05) is 165 Å². The lowest BCUT2D eigenvalue weighted by atomic mass is 9.62. The molecular weight excluding hydrogens is 689 g/mol. The van der Waals surface area contributed by atoms with Crippen molar-refractivity contribution in [3.8, 4) is 0 Å². The van der Waals surface area contributed by atoms with E-state index in [4.69, 9.17) is 0 Å². The molecule has 0 amide bonds. The summed E-state index contributed by atoms with van der Waals surface area (Å²) in [7, 11) is 0. The molecule has 1 fully saturated rings. The highest BCUT2D eigenvalue weighted by atomic mass is 16.3. The van der Waals surface area contributed by atoms with E-state index in [1.54, 1.807) is 0 Å². The van der Waals surface area contributed by atoms with Crippen LogP contribution in [0.4, 0.5) is 22.7 Å². The van der Waals surface area contributed by atoms with Crippen LogP contribution in [0, 0.1) is 0 Å². The van der Waals surface area contributed by atoms with Gasteiger partial charge in [-0.2, -0.15) is 0 Å². The Kier molecular flexibility index (Phi) is 13.4. The molecule has 0 saturated heterocycles. The van der Waals surface area contributed by atoms with Crippen LogP contribution in [0.5, 0.6) is 0 Å². The molecule has 4 N–H and O–H groups in total. The summed E-state index contributed by atoms with van der Waals surface area (Å²) in [6, 6.07) is 21.1. The second-order valence-electron chi connectivity index (χ2n) is 18.2. The van der Waals surface area contributed by atoms with Crippen LogP contribution in [0.15, 0.2) is 60.7 Å². The van der Waals surface area contributed by atoms with E-state index in [-0.39, 0.29) is 11.3 Å². The van der Waals surface area contributed by atoms with Crippen molar-refractivity contribution in [1.29, 1.82) is 0 Å². The standard InChI is InChI=1S/C50H70N4O2/c1-5-7-9-11-13-15-17-19-21-33-49(3)51-39-27-23-25-35-29-31-37(45(53-49)41(35)39)43-47(55)44(48(43)56)38-32-30-36-26-24-28-40-42(36)46(38)54-50(4,52-40)34-22-20-18-16-14-12-10-8-6-2/h23-32,43-44,47-48,51-54H,5-22,33-34H2,1-4H3/q-2. The lowest BCUT2D eigenvalue weighted by Gasteiger charge is -2.62. The van der Waals surface area contributed by atoms with Gasteiger partial charge in [0.15, 0.2) is 0 Å². The lowest BCUT2D eigenvalue weighted by Crippen LogP contribution is -2.64. The fraction of sp³-hybridized carbons (Fsp3) is 0.600. The third kappa shape index (κ3) is 8.82. The second-order valence-corrected chi connectivity index (χ2v) is 18.2. The minimum Gasteiger partial charge on any atom is -0.851 e. The first-order chi connectivity index (χ1) is 27.3. The first-order valence-electron chi connectivity index (χ1n) is 22.8. The minimum absolute atomic E-state index is 0.354. The first kappa shape index (κ1) is 40.7. The van der Waals surface area contributed by atoms with Gasteiger partial charge in [0.2, 0.25) is 0 Å². The van der Waals surface area contributed by atoms with Gasteiger partial charge < -0.3 is 31.5 Å². The summed E-state index contributed by atoms with van der Waals surface area (Å²) in [4.78, 5) is 0. The van der Waals surface area contributed by atoms with Crippen LogP contribution in [-0.2, 0) is 0 Å². The average molecular weight is 759 g/mol. The Morgan fingerprint density at radius 3 is 1.18 bits per heavy atom. The van der Waals surface area contributed by atoms with E-state index < -0.39 is 24.0 Å². The molecule has 304 valence electrons. The van der Waals surface area contributed by atoms with E-state index in [2.05, 4.69) is 110 Å². The van der Waals surface area contributed by atoms with Crippen molar-refractivity contribution < 1.29 is 10.2 Å². The predicted octanol–water partition coefficient (Wildman–Crippen LogP) is 12.3. The molecule has 3 aliphatic rings. The Balaban J connectivity index is 1.05. The maximum absolute atomic E-state index is 14.6. The van der Waals surface area contributed by atoms with E-state index in [1.165, 1.54) is 103 Å². The summed E-state index contributed by atoms with van der Waals surface area (Å²) in [5.74, 6) is -1.22. The molecule has 4 aromatic rings. The zero-order chi connectivity index (χ0) is 39.1. The van der Waals surface area contributed by atoms with Gasteiger partial charge in [0.1, 0.15) is 11.3 Å². The molecular formula is C50H70N4O2-2. The maximum atomic E-state index is 14.6. The van der Waals surface area contributed by atoms with Crippen LogP contribution in [0.25, 0.3) is 21.5 Å². The highest BCUT2D eigenvalue weighted by Gasteiger charge is 2.43. The summed E-state index contributed by atoms with van der Waals surface area (Å²) < 4.78 is 0. The molecule has 2 aliphatic heterocycles. The summed E-state index contributed by atoms with van der Waals surface area (Å²) in [5.41, 5.74) is 5.22. The number of anilines is 4. The number of benzene rings is 4. The van der Waals surface area contributed by atoms with Crippen molar-refractivity contribution in [3.63, 3.8) is 0 Å². The average Bonchev–Trinajstić information content (AvgIpc) is 3.18. The van der Waals surface area contributed by atoms with Crippen LogP contribution >= 0.6 is 0 Å². The van der Waals surface area contributed by atoms with E-state index in [0.29, 0.717) is 0 Å². The largest absolute Gasteiger partial charge is 0.851 e. The molecule has 6 heteroatoms. The molecule has 2 heterocycles. The van der Waals surface area contributed by atoms with Crippen molar-refractivity contribution in [2.75, 3.05) is 21.3 Å². The van der Waals surface area contributed by atoms with E-state index in [1.807, 2.05) is 0 Å². The highest BCUT2D eigenvalue weighted by Crippen LogP contribution is 2.54. The van der Waals surface area contributed by atoms with Gasteiger partial charge in [0.05, 0.1) is 0 Å². The number of hydrogen-bond acceptors (Lipinski definition) is 6. The van der Waals surface area contributed by atoms with Crippen LogP contribution in [0.2, 0.25) is 0 Å². The molecule has 0 radical (unpaired) electrons. The molecule has 2 atom stereocenters. The topological polar surface area (TPSA) is 94.2 Å². The van der Waals surface area contributed by atoms with Crippen LogP contribution < -0.4 is 31.5 Å². The highest BCUT2D eigenvalue weighted by molar-refractivity contribution is 6.08. The number of hydrogen-bond donors (Lipinski definition) is 4. The fourth-order valence-corrected chi connectivity index (χ4v) is 10.2. The molecule has 56 heavy (non-hydrogen) atoms. The minimum atomic E-state index is -1.03. The van der Waals surface area contributed by atoms with Gasteiger partial charge in [0.25, 0.3) is 0 Å². The molecule has 2 unspecified atom stereocenters. The third-order valence-corrected chi connectivity index (χ3v) is 13.5. The van der Waals surface area contributed by atoms with Crippen molar-refractivity contribution in [2.45, 2.75) is 191 Å². The molecule has 0 bridgehead atoms. The summed E-state index contributed by atoms with van der Waals surface area (Å²) in [6.07, 6.45) is 23.2. The van der Waals surface area contributed by atoms with Crippen molar-refractivity contribution in [1.82, 2.24) is 0 Å². The smallest absolute Gasteiger partial charge is 0.105 e. The Labute approximate surface area is 338 Å². The summed E-state index contributed by atoms with van der Waals surface area (Å²) in [5, 5.41) is 49.1. The molecule has 1 saturated carbocycles. The second kappa shape index (κ2) is 18.4. The quantitative estimate of drug-likeness (QED) is 0.0596. The Morgan fingerprint density at radius 2 is 0.804 bits per heavy atom. The molecule has 6 nitrogen and oxygen atoms in total. The predicted molar refractivity (Wildman–Crippen MR) is 236 cm³/mol. The Morgan fingerprint density at radius 1 is 0.446 bits per heavy atom. The normalized spacial score (nSPS) is 25.0. The number of unbranched alkanes of at least 4 members (excludes halogenated alkanes) is 16. The van der Waals surface area contributed by atoms with Crippen molar-refractivity contribution in [2.24, 2.45) is 0 Å². The number of nitrogens with one attached hydrogen (secondary N) is 4. The lowest BCUT2D eigenvalue weighted by molar-refractivity contribution is -0.535. The molecule has 1 aliphatic carbocycles. The maximum Gasteiger partial charge on any atom is 0.105 e. The van der Waals surface area contributed by atoms with Gasteiger partial charge >= 0.3 is 0 Å². The van der Waals surface area contributed by atoms with Crippen LogP contribution in [0.3, 0.4) is 0 Å². The molecule has 0 aromatic heterocycles. The van der Waals surface area contributed by atoms with Crippen LogP contribution in [-0.4, -0.2) is 23.5 Å². The van der Waals surface area contributed by atoms with E-state index in [9.17, 15) is 10.2 Å². The van der Waals surface area contributed by atoms with E-state index >= 15 is 0 Å². The van der Waals surface area contributed by atoms with Crippen LogP contribution in [0.1, 0.15) is 179 Å². The zero-order valence-corrected chi connectivity index (χ0v) is 35.0. The Bertz CT molecular complexity index is 1760. The first-order valence-corrected chi connectivity index (χ1v) is 22.8. The van der Waals surface area contributed by atoms with E-state index in [0.717, 1.165) is 81.1 Å². The van der Waals surface area contributed by atoms with Crippen molar-refractivity contribution in [3.05, 3.63) is 71.8 Å². The zero-order valence-electron chi connectivity index (χ0n) is 35.0. The number of rotatable bonds is 22. The van der Waals surface area contributed by atoms with Gasteiger partial charge in [0, 0.05) is 33.5 Å².